The summed E-state index contributed by atoms with van der Waals surface area (Å²) in [5, 5.41) is 0. The molecule has 0 radical (unpaired) electrons. The van der Waals surface area contributed by atoms with Crippen LogP contribution < -0.4 is 9.46 Å². The summed E-state index contributed by atoms with van der Waals surface area (Å²) in [5.41, 5.74) is 4.00. The Morgan fingerprint density at radius 2 is 1.67 bits per heavy atom. The summed E-state index contributed by atoms with van der Waals surface area (Å²) >= 11 is 0. The third kappa shape index (κ3) is 6.31. The zero-order valence-corrected chi connectivity index (χ0v) is 28.2. The van der Waals surface area contributed by atoms with Gasteiger partial charge >= 0.3 is 0 Å². The van der Waals surface area contributed by atoms with Gasteiger partial charge in [-0.1, -0.05) is 45.0 Å². The van der Waals surface area contributed by atoms with E-state index in [1.807, 2.05) is 36.9 Å². The number of amides is 1. The number of hydrogen-bond donors (Lipinski definition) is 1. The molecule has 2 saturated carbocycles. The molecular weight excluding hydrogens is 586 g/mol. The van der Waals surface area contributed by atoms with Crippen LogP contribution in [0, 0.1) is 24.7 Å². The van der Waals surface area contributed by atoms with Gasteiger partial charge in [-0.2, -0.15) is 4.98 Å². The van der Waals surface area contributed by atoms with Gasteiger partial charge in [0, 0.05) is 29.3 Å². The lowest BCUT2D eigenvalue weighted by Gasteiger charge is -2.62. The molecule has 1 aromatic heterocycles. The third-order valence-corrected chi connectivity index (χ3v) is 11.1. The SMILES string of the molecule is Cc1cccc(C)c1-c1cc2nc(n1)NS(=O)(=O)c1cccc(c1)C(=O)N(C1CC3(CC(N(C)C)C3)C1)[C@H](CC(C)(C)C)CO2. The maximum Gasteiger partial charge on any atom is 0.264 e. The van der Waals surface area contributed by atoms with E-state index in [4.69, 9.17) is 4.74 Å². The molecule has 2 aliphatic carbocycles. The van der Waals surface area contributed by atoms with Gasteiger partial charge in [-0.05, 0) is 100 Å². The van der Waals surface area contributed by atoms with Crippen molar-refractivity contribution in [2.24, 2.45) is 10.8 Å². The molecule has 3 aliphatic rings. The Morgan fingerprint density at radius 3 is 2.31 bits per heavy atom. The average molecular weight is 632 g/mol. The summed E-state index contributed by atoms with van der Waals surface area (Å²) in [7, 11) is 0.157. The van der Waals surface area contributed by atoms with Crippen LogP contribution >= 0.6 is 0 Å². The maximum absolute atomic E-state index is 14.5. The number of benzene rings is 2. The van der Waals surface area contributed by atoms with E-state index in [1.54, 1.807) is 18.2 Å². The van der Waals surface area contributed by atoms with Crippen LogP contribution in [-0.4, -0.2) is 72.9 Å². The van der Waals surface area contributed by atoms with Crippen LogP contribution in [0.15, 0.2) is 53.4 Å². The minimum atomic E-state index is -4.11. The van der Waals surface area contributed by atoms with Crippen molar-refractivity contribution in [2.75, 3.05) is 25.4 Å². The number of hydrogen-bond acceptors (Lipinski definition) is 7. The summed E-state index contributed by atoms with van der Waals surface area (Å²) in [4.78, 5) is 27.9. The van der Waals surface area contributed by atoms with Crippen molar-refractivity contribution < 1.29 is 17.9 Å². The lowest BCUT2D eigenvalue weighted by atomic mass is 9.51. The number of carbonyl (C=O) groups is 1. The van der Waals surface area contributed by atoms with Crippen molar-refractivity contribution in [1.82, 2.24) is 19.8 Å². The fourth-order valence-electron chi connectivity index (χ4n) is 7.55. The van der Waals surface area contributed by atoms with Crippen LogP contribution in [0.4, 0.5) is 5.95 Å². The first-order valence-electron chi connectivity index (χ1n) is 15.8. The molecule has 4 bridgehead atoms. The third-order valence-electron chi connectivity index (χ3n) is 9.75. The molecule has 240 valence electrons. The van der Waals surface area contributed by atoms with Crippen molar-refractivity contribution >= 4 is 21.9 Å². The summed E-state index contributed by atoms with van der Waals surface area (Å²) < 4.78 is 36.3. The van der Waals surface area contributed by atoms with Crippen LogP contribution in [0.3, 0.4) is 0 Å². The lowest BCUT2D eigenvalue weighted by Crippen LogP contribution is -2.63. The second kappa shape index (κ2) is 11.4. The van der Waals surface area contributed by atoms with Crippen molar-refractivity contribution in [3.63, 3.8) is 0 Å². The van der Waals surface area contributed by atoms with Gasteiger partial charge in [0.15, 0.2) is 0 Å². The van der Waals surface area contributed by atoms with Gasteiger partial charge < -0.3 is 14.5 Å². The van der Waals surface area contributed by atoms with E-state index in [2.05, 4.69) is 54.5 Å². The fraction of sp³-hybridized carbons (Fsp3) is 0.514. The van der Waals surface area contributed by atoms with E-state index >= 15 is 0 Å². The van der Waals surface area contributed by atoms with Gasteiger partial charge in [-0.3, -0.25) is 4.79 Å². The minimum absolute atomic E-state index is 0.0126. The first kappa shape index (κ1) is 31.5. The highest BCUT2D eigenvalue weighted by atomic mass is 32.2. The van der Waals surface area contributed by atoms with Gasteiger partial charge in [-0.15, -0.1) is 0 Å². The van der Waals surface area contributed by atoms with Crippen molar-refractivity contribution in [2.45, 2.75) is 89.7 Å². The van der Waals surface area contributed by atoms with E-state index in [1.165, 1.54) is 12.1 Å². The Hall–Kier alpha value is -3.50. The fourth-order valence-corrected chi connectivity index (χ4v) is 8.54. The molecule has 1 aliphatic heterocycles. The lowest BCUT2D eigenvalue weighted by molar-refractivity contribution is -0.0985. The molecule has 6 rings (SSSR count). The number of nitrogens with one attached hydrogen (secondary N) is 1. The minimum Gasteiger partial charge on any atom is -0.475 e. The Labute approximate surface area is 267 Å². The molecule has 1 spiro atoms. The molecular formula is C35H45N5O4S. The molecule has 45 heavy (non-hydrogen) atoms. The number of nitrogens with zero attached hydrogens (tertiary/aromatic N) is 4. The molecule has 1 atom stereocenters. The topological polar surface area (TPSA) is 105 Å². The zero-order chi connectivity index (χ0) is 32.3. The molecule has 1 amide bonds. The summed E-state index contributed by atoms with van der Waals surface area (Å²) in [6.07, 6.45) is 4.88. The maximum atomic E-state index is 14.5. The Bertz CT molecular complexity index is 1700. The summed E-state index contributed by atoms with van der Waals surface area (Å²) in [6.45, 7) is 10.7. The standard InChI is InChI=1S/C35H45N5O4S/c1-22-10-8-11-23(2)31(22)29-15-30-37-33(36-29)38-45(42,43)28-13-9-12-24(14-28)32(41)40(27(21-44-30)16-34(3,4)5)26-19-35(20-26)17-25(18-35)39(6)7/h8-15,25-27H,16-21H2,1-7H3,(H,36,37,38)/t25?,26?,27-,35?/m1/s1. The number of sulfonamides is 1. The Kier molecular flexibility index (Phi) is 7.96. The van der Waals surface area contributed by atoms with Gasteiger partial charge in [-0.25, -0.2) is 18.1 Å². The van der Waals surface area contributed by atoms with Crippen molar-refractivity contribution in [1.29, 1.82) is 0 Å². The number of anilines is 1. The molecule has 9 nitrogen and oxygen atoms in total. The van der Waals surface area contributed by atoms with Gasteiger partial charge in [0.1, 0.15) is 6.61 Å². The Morgan fingerprint density at radius 1 is 1.00 bits per heavy atom. The van der Waals surface area contributed by atoms with Gasteiger partial charge in [0.2, 0.25) is 11.8 Å². The van der Waals surface area contributed by atoms with E-state index in [0.29, 0.717) is 23.7 Å². The first-order chi connectivity index (χ1) is 21.1. The van der Waals surface area contributed by atoms with Gasteiger partial charge in [0.25, 0.3) is 15.9 Å². The normalized spacial score (nSPS) is 26.1. The van der Waals surface area contributed by atoms with Crippen LogP contribution in [0.1, 0.15) is 74.4 Å². The second-order valence-corrected chi connectivity index (χ2v) is 16.5. The highest BCUT2D eigenvalue weighted by molar-refractivity contribution is 7.92. The predicted molar refractivity (Wildman–Crippen MR) is 176 cm³/mol. The predicted octanol–water partition coefficient (Wildman–Crippen LogP) is 6.07. The number of fused-ring (bicyclic) bond motifs is 4. The highest BCUT2D eigenvalue weighted by Crippen LogP contribution is 2.58. The molecule has 1 N–H and O–H groups in total. The van der Waals surface area contributed by atoms with Crippen LogP contribution in [0.25, 0.3) is 11.3 Å². The highest BCUT2D eigenvalue weighted by Gasteiger charge is 2.56. The molecule has 10 heteroatoms. The number of carbonyl (C=O) groups excluding carboxylic acids is 1. The number of rotatable bonds is 4. The summed E-state index contributed by atoms with van der Waals surface area (Å²) in [5.74, 6) is 0.0173. The Balaban J connectivity index is 1.44. The van der Waals surface area contributed by atoms with E-state index in [0.717, 1.165) is 42.4 Å². The monoisotopic (exact) mass is 631 g/mol. The number of ether oxygens (including phenoxy) is 1. The number of aryl methyl sites for hydroxylation is 2. The number of aromatic nitrogens is 2. The smallest absolute Gasteiger partial charge is 0.264 e. The van der Waals surface area contributed by atoms with E-state index in [-0.39, 0.29) is 52.2 Å². The molecule has 3 aromatic rings. The molecule has 2 aromatic carbocycles. The zero-order valence-electron chi connectivity index (χ0n) is 27.4. The molecule has 0 saturated heterocycles. The van der Waals surface area contributed by atoms with Crippen LogP contribution in [0.2, 0.25) is 0 Å². The van der Waals surface area contributed by atoms with E-state index < -0.39 is 10.0 Å². The molecule has 0 unspecified atom stereocenters. The summed E-state index contributed by atoms with van der Waals surface area (Å²) in [6, 6.07) is 14.4. The quantitative estimate of drug-likeness (QED) is 0.373. The molecule has 2 heterocycles. The largest absolute Gasteiger partial charge is 0.475 e. The average Bonchev–Trinajstić information content (AvgIpc) is 2.90. The van der Waals surface area contributed by atoms with E-state index in [9.17, 15) is 13.2 Å². The second-order valence-electron chi connectivity index (χ2n) is 14.8. The van der Waals surface area contributed by atoms with Crippen molar-refractivity contribution in [3.8, 4) is 17.1 Å². The molecule has 2 fully saturated rings. The van der Waals surface area contributed by atoms with Crippen molar-refractivity contribution in [3.05, 3.63) is 65.2 Å². The van der Waals surface area contributed by atoms with Crippen LogP contribution in [0.5, 0.6) is 5.88 Å². The first-order valence-corrected chi connectivity index (χ1v) is 17.3. The van der Waals surface area contributed by atoms with Crippen LogP contribution in [-0.2, 0) is 10.0 Å². The van der Waals surface area contributed by atoms with Gasteiger partial charge in [0.05, 0.1) is 16.6 Å².